The SMILES string of the molecule is Cl.O=C(CCCNC(=O)c1ccc(F)cc1F)NC1CCNC1. The molecule has 0 spiro atoms. The summed E-state index contributed by atoms with van der Waals surface area (Å²) in [5, 5.41) is 8.57. The Morgan fingerprint density at radius 1 is 1.30 bits per heavy atom. The van der Waals surface area contributed by atoms with Gasteiger partial charge in [-0.1, -0.05) is 0 Å². The first kappa shape index (κ1) is 19.3. The maximum absolute atomic E-state index is 13.4. The van der Waals surface area contributed by atoms with Crippen molar-refractivity contribution in [2.75, 3.05) is 19.6 Å². The van der Waals surface area contributed by atoms with E-state index in [0.29, 0.717) is 18.9 Å². The summed E-state index contributed by atoms with van der Waals surface area (Å²) in [6, 6.07) is 2.97. The van der Waals surface area contributed by atoms with E-state index >= 15 is 0 Å². The number of amides is 2. The standard InChI is InChI=1S/C15H19F2N3O2.ClH/c16-10-3-4-12(13(17)8-10)15(22)19-6-1-2-14(21)20-11-5-7-18-9-11;/h3-4,8,11,18H,1-2,5-7,9H2,(H,19,22)(H,20,21);1H. The Bertz CT molecular complexity index is 552. The Balaban J connectivity index is 0.00000264. The highest BCUT2D eigenvalue weighted by atomic mass is 35.5. The maximum atomic E-state index is 13.4. The van der Waals surface area contributed by atoms with Gasteiger partial charge in [-0.25, -0.2) is 8.78 Å². The lowest BCUT2D eigenvalue weighted by Crippen LogP contribution is -2.36. The molecule has 2 rings (SSSR count). The zero-order valence-electron chi connectivity index (χ0n) is 12.5. The lowest BCUT2D eigenvalue weighted by Gasteiger charge is -2.11. The summed E-state index contributed by atoms with van der Waals surface area (Å²) in [4.78, 5) is 23.4. The van der Waals surface area contributed by atoms with Crippen molar-refractivity contribution in [1.82, 2.24) is 16.0 Å². The van der Waals surface area contributed by atoms with Gasteiger partial charge in [0.2, 0.25) is 5.91 Å². The van der Waals surface area contributed by atoms with Gasteiger partial charge < -0.3 is 16.0 Å². The van der Waals surface area contributed by atoms with Gasteiger partial charge in [-0.05, 0) is 31.5 Å². The number of hydrogen-bond acceptors (Lipinski definition) is 3. The second kappa shape index (κ2) is 9.42. The van der Waals surface area contributed by atoms with E-state index in [4.69, 9.17) is 0 Å². The number of halogens is 3. The molecule has 1 unspecified atom stereocenters. The lowest BCUT2D eigenvalue weighted by atomic mass is 10.2. The lowest BCUT2D eigenvalue weighted by molar-refractivity contribution is -0.121. The minimum atomic E-state index is -0.899. The van der Waals surface area contributed by atoms with Crippen molar-refractivity contribution in [3.63, 3.8) is 0 Å². The summed E-state index contributed by atoms with van der Waals surface area (Å²) < 4.78 is 26.1. The zero-order valence-corrected chi connectivity index (χ0v) is 13.3. The van der Waals surface area contributed by atoms with Crippen LogP contribution in [0.2, 0.25) is 0 Å². The topological polar surface area (TPSA) is 70.2 Å². The first-order valence-electron chi connectivity index (χ1n) is 7.29. The predicted octanol–water partition coefficient (Wildman–Crippen LogP) is 1.37. The quantitative estimate of drug-likeness (QED) is 0.681. The van der Waals surface area contributed by atoms with Crippen LogP contribution in [0.3, 0.4) is 0 Å². The molecule has 1 saturated heterocycles. The predicted molar refractivity (Wildman–Crippen MR) is 84.6 cm³/mol. The number of carbonyl (C=O) groups is 2. The van der Waals surface area contributed by atoms with Gasteiger partial charge in [-0.15, -0.1) is 12.4 Å². The molecule has 1 atom stereocenters. The summed E-state index contributed by atoms with van der Waals surface area (Å²) >= 11 is 0. The number of rotatable bonds is 6. The van der Waals surface area contributed by atoms with Gasteiger partial charge in [-0.3, -0.25) is 9.59 Å². The van der Waals surface area contributed by atoms with Gasteiger partial charge >= 0.3 is 0 Å². The van der Waals surface area contributed by atoms with Gasteiger partial charge in [0.05, 0.1) is 5.56 Å². The van der Waals surface area contributed by atoms with E-state index in [9.17, 15) is 18.4 Å². The molecule has 1 heterocycles. The van der Waals surface area contributed by atoms with E-state index in [1.165, 1.54) is 0 Å². The summed E-state index contributed by atoms with van der Waals surface area (Å²) in [5.74, 6) is -2.30. The second-order valence-corrected chi connectivity index (χ2v) is 5.24. The summed E-state index contributed by atoms with van der Waals surface area (Å²) in [5.41, 5.74) is -0.206. The zero-order chi connectivity index (χ0) is 15.9. The van der Waals surface area contributed by atoms with Crippen molar-refractivity contribution in [2.24, 2.45) is 0 Å². The molecule has 1 aromatic rings. The average Bonchev–Trinajstić information content (AvgIpc) is 2.96. The first-order chi connectivity index (χ1) is 10.6. The van der Waals surface area contributed by atoms with Crippen LogP contribution in [0, 0.1) is 11.6 Å². The highest BCUT2D eigenvalue weighted by Crippen LogP contribution is 2.09. The molecule has 1 aromatic carbocycles. The molecule has 128 valence electrons. The van der Waals surface area contributed by atoms with Crippen LogP contribution in [-0.2, 0) is 4.79 Å². The van der Waals surface area contributed by atoms with Crippen LogP contribution in [0.25, 0.3) is 0 Å². The normalized spacial score (nSPS) is 16.5. The van der Waals surface area contributed by atoms with E-state index in [0.717, 1.165) is 31.6 Å². The Labute approximate surface area is 139 Å². The van der Waals surface area contributed by atoms with E-state index in [-0.39, 0.29) is 36.5 Å². The minimum absolute atomic E-state index is 0. The Morgan fingerprint density at radius 3 is 2.74 bits per heavy atom. The molecular formula is C15H20ClF2N3O2. The molecule has 1 aliphatic rings. The Morgan fingerprint density at radius 2 is 2.09 bits per heavy atom. The summed E-state index contributed by atoms with van der Waals surface area (Å²) in [6.07, 6.45) is 1.68. The third-order valence-electron chi connectivity index (χ3n) is 3.47. The molecule has 0 radical (unpaired) electrons. The Hall–Kier alpha value is -1.73. The minimum Gasteiger partial charge on any atom is -0.352 e. The second-order valence-electron chi connectivity index (χ2n) is 5.24. The first-order valence-corrected chi connectivity index (χ1v) is 7.29. The fraction of sp³-hybridized carbons (Fsp3) is 0.467. The molecule has 23 heavy (non-hydrogen) atoms. The van der Waals surface area contributed by atoms with Crippen LogP contribution < -0.4 is 16.0 Å². The van der Waals surface area contributed by atoms with Crippen LogP contribution in [0.1, 0.15) is 29.6 Å². The molecule has 0 saturated carbocycles. The number of benzene rings is 1. The third-order valence-corrected chi connectivity index (χ3v) is 3.47. The van der Waals surface area contributed by atoms with Crippen LogP contribution in [-0.4, -0.2) is 37.5 Å². The van der Waals surface area contributed by atoms with Gasteiger partial charge in [0.1, 0.15) is 11.6 Å². The molecule has 8 heteroatoms. The molecule has 0 aliphatic carbocycles. The third kappa shape index (κ3) is 6.11. The van der Waals surface area contributed by atoms with Crippen molar-refractivity contribution < 1.29 is 18.4 Å². The molecule has 0 bridgehead atoms. The largest absolute Gasteiger partial charge is 0.352 e. The van der Waals surface area contributed by atoms with Gasteiger partial charge in [-0.2, -0.15) is 0 Å². The molecule has 1 aliphatic heterocycles. The Kier molecular flexibility index (Phi) is 7.91. The molecule has 0 aromatic heterocycles. The van der Waals surface area contributed by atoms with Gasteiger partial charge in [0.15, 0.2) is 0 Å². The summed E-state index contributed by atoms with van der Waals surface area (Å²) in [6.45, 7) is 1.95. The number of hydrogen-bond donors (Lipinski definition) is 3. The molecule has 3 N–H and O–H groups in total. The molecule has 5 nitrogen and oxygen atoms in total. The van der Waals surface area contributed by atoms with Gasteiger partial charge in [0, 0.05) is 31.6 Å². The van der Waals surface area contributed by atoms with Crippen LogP contribution in [0.5, 0.6) is 0 Å². The van der Waals surface area contributed by atoms with Crippen molar-refractivity contribution in [1.29, 1.82) is 0 Å². The van der Waals surface area contributed by atoms with E-state index in [1.54, 1.807) is 0 Å². The number of nitrogens with one attached hydrogen (secondary N) is 3. The molecular weight excluding hydrogens is 328 g/mol. The highest BCUT2D eigenvalue weighted by Gasteiger charge is 2.16. The van der Waals surface area contributed by atoms with Crippen molar-refractivity contribution in [3.05, 3.63) is 35.4 Å². The smallest absolute Gasteiger partial charge is 0.254 e. The molecule has 2 amide bonds. The number of carbonyl (C=O) groups excluding carboxylic acids is 2. The van der Waals surface area contributed by atoms with E-state index in [1.807, 2.05) is 0 Å². The monoisotopic (exact) mass is 347 g/mol. The van der Waals surface area contributed by atoms with Gasteiger partial charge in [0.25, 0.3) is 5.91 Å². The van der Waals surface area contributed by atoms with Crippen molar-refractivity contribution in [2.45, 2.75) is 25.3 Å². The van der Waals surface area contributed by atoms with Crippen molar-refractivity contribution >= 4 is 24.2 Å². The molecule has 1 fully saturated rings. The van der Waals surface area contributed by atoms with E-state index < -0.39 is 17.5 Å². The van der Waals surface area contributed by atoms with Crippen LogP contribution in [0.4, 0.5) is 8.78 Å². The fourth-order valence-electron chi connectivity index (χ4n) is 2.30. The van der Waals surface area contributed by atoms with E-state index in [2.05, 4.69) is 16.0 Å². The average molecular weight is 348 g/mol. The summed E-state index contributed by atoms with van der Waals surface area (Å²) in [7, 11) is 0. The highest BCUT2D eigenvalue weighted by molar-refractivity contribution is 5.94. The van der Waals surface area contributed by atoms with Crippen LogP contribution >= 0.6 is 12.4 Å². The van der Waals surface area contributed by atoms with Crippen LogP contribution in [0.15, 0.2) is 18.2 Å². The fourth-order valence-corrected chi connectivity index (χ4v) is 2.30. The van der Waals surface area contributed by atoms with Crippen molar-refractivity contribution in [3.8, 4) is 0 Å². The maximum Gasteiger partial charge on any atom is 0.254 e.